The van der Waals surface area contributed by atoms with Crippen LogP contribution < -0.4 is 10.5 Å². The standard InChI is InChI=1S/C13H13NO/c1-8-9-4-2-3-5-10(9)13-11(12(8)14)6-7-15-13/h2-5H,6-7,14H2,1H3. The molecule has 2 nitrogen and oxygen atoms in total. The van der Waals surface area contributed by atoms with Crippen LogP contribution in [0.4, 0.5) is 5.69 Å². The SMILES string of the molecule is Cc1c(N)c2c(c3ccccc13)OCC2. The van der Waals surface area contributed by atoms with Crippen LogP contribution in [0.3, 0.4) is 0 Å². The van der Waals surface area contributed by atoms with Gasteiger partial charge in [0.1, 0.15) is 5.75 Å². The Labute approximate surface area is 88.7 Å². The molecular weight excluding hydrogens is 186 g/mol. The first-order chi connectivity index (χ1) is 7.29. The Morgan fingerprint density at radius 1 is 1.20 bits per heavy atom. The molecule has 1 aliphatic rings. The Morgan fingerprint density at radius 2 is 1.93 bits per heavy atom. The highest BCUT2D eigenvalue weighted by Crippen LogP contribution is 2.40. The topological polar surface area (TPSA) is 35.2 Å². The van der Waals surface area contributed by atoms with Crippen LogP contribution in [0, 0.1) is 6.92 Å². The second-order valence-corrected chi connectivity index (χ2v) is 3.99. The third-order valence-electron chi connectivity index (χ3n) is 3.18. The van der Waals surface area contributed by atoms with Gasteiger partial charge in [-0.15, -0.1) is 0 Å². The van der Waals surface area contributed by atoms with Crippen molar-refractivity contribution in [1.82, 2.24) is 0 Å². The Kier molecular flexibility index (Phi) is 1.66. The number of ether oxygens (including phenoxy) is 1. The molecule has 1 aliphatic heterocycles. The first-order valence-electron chi connectivity index (χ1n) is 5.21. The maximum Gasteiger partial charge on any atom is 0.132 e. The molecule has 2 N–H and O–H groups in total. The summed E-state index contributed by atoms with van der Waals surface area (Å²) < 4.78 is 5.67. The lowest BCUT2D eigenvalue weighted by atomic mass is 9.98. The van der Waals surface area contributed by atoms with Gasteiger partial charge in [0.2, 0.25) is 0 Å². The zero-order valence-corrected chi connectivity index (χ0v) is 8.71. The zero-order chi connectivity index (χ0) is 10.4. The van der Waals surface area contributed by atoms with Gasteiger partial charge in [0.15, 0.2) is 0 Å². The van der Waals surface area contributed by atoms with Gasteiger partial charge < -0.3 is 10.5 Å². The Balaban J connectivity index is 2.52. The number of rotatable bonds is 0. The highest BCUT2D eigenvalue weighted by Gasteiger charge is 2.20. The van der Waals surface area contributed by atoms with Gasteiger partial charge in [-0.25, -0.2) is 0 Å². The fraction of sp³-hybridized carbons (Fsp3) is 0.231. The molecule has 3 rings (SSSR count). The van der Waals surface area contributed by atoms with Crippen LogP contribution in [-0.2, 0) is 6.42 Å². The van der Waals surface area contributed by atoms with E-state index in [1.807, 2.05) is 12.1 Å². The van der Waals surface area contributed by atoms with E-state index in [9.17, 15) is 0 Å². The minimum absolute atomic E-state index is 0.757. The summed E-state index contributed by atoms with van der Waals surface area (Å²) in [6.07, 6.45) is 0.937. The zero-order valence-electron chi connectivity index (χ0n) is 8.71. The molecule has 2 heteroatoms. The van der Waals surface area contributed by atoms with Gasteiger partial charge in [-0.1, -0.05) is 24.3 Å². The highest BCUT2D eigenvalue weighted by atomic mass is 16.5. The average molecular weight is 199 g/mol. The quantitative estimate of drug-likeness (QED) is 0.662. The summed E-state index contributed by atoms with van der Waals surface area (Å²) in [5.74, 6) is 0.994. The first-order valence-corrected chi connectivity index (χ1v) is 5.21. The van der Waals surface area contributed by atoms with E-state index in [0.29, 0.717) is 0 Å². The predicted molar refractivity (Wildman–Crippen MR) is 62.3 cm³/mol. The van der Waals surface area contributed by atoms with Crippen LogP contribution in [-0.4, -0.2) is 6.61 Å². The minimum Gasteiger partial charge on any atom is -0.492 e. The van der Waals surface area contributed by atoms with Crippen LogP contribution in [0.2, 0.25) is 0 Å². The van der Waals surface area contributed by atoms with Crippen molar-refractivity contribution < 1.29 is 4.74 Å². The lowest BCUT2D eigenvalue weighted by Crippen LogP contribution is -1.96. The van der Waals surface area contributed by atoms with Crippen molar-refractivity contribution in [2.45, 2.75) is 13.3 Å². The monoisotopic (exact) mass is 199 g/mol. The minimum atomic E-state index is 0.757. The lowest BCUT2D eigenvalue weighted by molar-refractivity contribution is 0.360. The molecule has 0 saturated heterocycles. The number of nitrogen functional groups attached to an aromatic ring is 1. The summed E-state index contributed by atoms with van der Waals surface area (Å²) in [7, 11) is 0. The van der Waals surface area contributed by atoms with Crippen molar-refractivity contribution in [2.75, 3.05) is 12.3 Å². The molecule has 0 aliphatic carbocycles. The van der Waals surface area contributed by atoms with Gasteiger partial charge in [0.25, 0.3) is 0 Å². The second kappa shape index (κ2) is 2.89. The van der Waals surface area contributed by atoms with E-state index >= 15 is 0 Å². The van der Waals surface area contributed by atoms with Crippen molar-refractivity contribution in [2.24, 2.45) is 0 Å². The van der Waals surface area contributed by atoms with Crippen LogP contribution in [0.5, 0.6) is 5.75 Å². The summed E-state index contributed by atoms with van der Waals surface area (Å²) in [6.45, 7) is 2.84. The average Bonchev–Trinajstić information content (AvgIpc) is 2.75. The number of benzene rings is 2. The van der Waals surface area contributed by atoms with Gasteiger partial charge in [-0.3, -0.25) is 0 Å². The summed E-state index contributed by atoms with van der Waals surface area (Å²) in [5, 5.41) is 2.40. The number of hydrogen-bond acceptors (Lipinski definition) is 2. The predicted octanol–water partition coefficient (Wildman–Crippen LogP) is 2.67. The Morgan fingerprint density at radius 3 is 2.73 bits per heavy atom. The van der Waals surface area contributed by atoms with Gasteiger partial charge in [0, 0.05) is 23.1 Å². The van der Waals surface area contributed by atoms with E-state index in [0.717, 1.165) is 24.5 Å². The van der Waals surface area contributed by atoms with Crippen molar-refractivity contribution in [3.8, 4) is 5.75 Å². The van der Waals surface area contributed by atoms with Gasteiger partial charge in [-0.2, -0.15) is 0 Å². The molecule has 0 fully saturated rings. The smallest absolute Gasteiger partial charge is 0.132 e. The van der Waals surface area contributed by atoms with Crippen LogP contribution >= 0.6 is 0 Å². The van der Waals surface area contributed by atoms with Crippen molar-refractivity contribution >= 4 is 16.5 Å². The molecule has 0 saturated carbocycles. The molecule has 0 spiro atoms. The molecule has 0 amide bonds. The largest absolute Gasteiger partial charge is 0.492 e. The molecule has 76 valence electrons. The van der Waals surface area contributed by atoms with Crippen molar-refractivity contribution in [3.63, 3.8) is 0 Å². The summed E-state index contributed by atoms with van der Waals surface area (Å²) in [6, 6.07) is 8.28. The molecule has 0 bridgehead atoms. The molecule has 0 atom stereocenters. The maximum atomic E-state index is 6.12. The summed E-state index contributed by atoms with van der Waals surface area (Å²) in [4.78, 5) is 0. The number of hydrogen-bond donors (Lipinski definition) is 1. The fourth-order valence-electron chi connectivity index (χ4n) is 2.33. The molecule has 0 aromatic heterocycles. The number of fused-ring (bicyclic) bond motifs is 3. The van der Waals surface area contributed by atoms with E-state index in [2.05, 4.69) is 19.1 Å². The second-order valence-electron chi connectivity index (χ2n) is 3.99. The maximum absolute atomic E-state index is 6.12. The Hall–Kier alpha value is -1.70. The summed E-state index contributed by atoms with van der Waals surface area (Å²) in [5.41, 5.74) is 9.39. The van der Waals surface area contributed by atoms with E-state index in [1.54, 1.807) is 0 Å². The van der Waals surface area contributed by atoms with E-state index in [4.69, 9.17) is 10.5 Å². The number of nitrogens with two attached hydrogens (primary N) is 1. The first kappa shape index (κ1) is 8.60. The molecule has 2 aromatic carbocycles. The molecule has 1 heterocycles. The van der Waals surface area contributed by atoms with Crippen LogP contribution in [0.25, 0.3) is 10.8 Å². The van der Waals surface area contributed by atoms with Crippen molar-refractivity contribution in [1.29, 1.82) is 0 Å². The van der Waals surface area contributed by atoms with E-state index in [1.165, 1.54) is 21.9 Å². The molecular formula is C13H13NO. The Bertz CT molecular complexity index is 546. The number of anilines is 1. The van der Waals surface area contributed by atoms with Gasteiger partial charge in [-0.05, 0) is 17.9 Å². The van der Waals surface area contributed by atoms with Crippen molar-refractivity contribution in [3.05, 3.63) is 35.4 Å². The van der Waals surface area contributed by atoms with Crippen LogP contribution in [0.1, 0.15) is 11.1 Å². The number of aryl methyl sites for hydroxylation is 1. The third kappa shape index (κ3) is 1.05. The fourth-order valence-corrected chi connectivity index (χ4v) is 2.33. The normalized spacial score (nSPS) is 13.9. The van der Waals surface area contributed by atoms with Crippen LogP contribution in [0.15, 0.2) is 24.3 Å². The van der Waals surface area contributed by atoms with E-state index < -0.39 is 0 Å². The molecule has 0 unspecified atom stereocenters. The molecule has 0 radical (unpaired) electrons. The molecule has 2 aromatic rings. The van der Waals surface area contributed by atoms with E-state index in [-0.39, 0.29) is 0 Å². The van der Waals surface area contributed by atoms with Gasteiger partial charge >= 0.3 is 0 Å². The molecule has 15 heavy (non-hydrogen) atoms. The van der Waals surface area contributed by atoms with Gasteiger partial charge in [0.05, 0.1) is 6.61 Å². The lowest BCUT2D eigenvalue weighted by Gasteiger charge is -2.11. The summed E-state index contributed by atoms with van der Waals surface area (Å²) >= 11 is 0. The third-order valence-corrected chi connectivity index (χ3v) is 3.18. The highest BCUT2D eigenvalue weighted by molar-refractivity contribution is 5.97.